The summed E-state index contributed by atoms with van der Waals surface area (Å²) in [5.41, 5.74) is 1.17. The number of ether oxygens (including phenoxy) is 1. The van der Waals surface area contributed by atoms with Crippen LogP contribution in [0.5, 0.6) is 5.75 Å². The van der Waals surface area contributed by atoms with Crippen molar-refractivity contribution in [3.63, 3.8) is 0 Å². The largest absolute Gasteiger partial charge is 0.497 e. The van der Waals surface area contributed by atoms with Gasteiger partial charge in [-0.25, -0.2) is 4.72 Å². The van der Waals surface area contributed by atoms with Crippen molar-refractivity contribution < 1.29 is 13.2 Å². The molecule has 0 aromatic heterocycles. The molecule has 18 heavy (non-hydrogen) atoms. The lowest BCUT2D eigenvalue weighted by molar-refractivity contribution is 0.414. The van der Waals surface area contributed by atoms with E-state index in [0.29, 0.717) is 6.54 Å². The second-order valence-electron chi connectivity index (χ2n) is 4.13. The molecule has 102 valence electrons. The van der Waals surface area contributed by atoms with Gasteiger partial charge >= 0.3 is 0 Å². The van der Waals surface area contributed by atoms with E-state index in [-0.39, 0.29) is 0 Å². The topological polar surface area (TPSA) is 58.6 Å². The molecule has 0 heterocycles. The van der Waals surface area contributed by atoms with Gasteiger partial charge in [-0.05, 0) is 30.5 Å². The maximum Gasteiger partial charge on any atom is 0.278 e. The SMILES string of the molecule is COc1ccc(CCCNS(=O)(=O)N(C)C)cc1. The first-order valence-corrected chi connectivity index (χ1v) is 7.20. The smallest absolute Gasteiger partial charge is 0.278 e. The van der Waals surface area contributed by atoms with Crippen molar-refractivity contribution in [2.75, 3.05) is 27.7 Å². The van der Waals surface area contributed by atoms with E-state index < -0.39 is 10.2 Å². The summed E-state index contributed by atoms with van der Waals surface area (Å²) >= 11 is 0. The summed E-state index contributed by atoms with van der Waals surface area (Å²) in [4.78, 5) is 0. The Hall–Kier alpha value is -1.11. The Morgan fingerprint density at radius 3 is 2.33 bits per heavy atom. The molecule has 0 aliphatic rings. The minimum absolute atomic E-state index is 0.437. The number of nitrogens with zero attached hydrogens (tertiary/aromatic N) is 1. The van der Waals surface area contributed by atoms with Crippen molar-refractivity contribution in [1.82, 2.24) is 9.03 Å². The average Bonchev–Trinajstić information content (AvgIpc) is 2.35. The molecule has 0 saturated heterocycles. The van der Waals surface area contributed by atoms with E-state index in [4.69, 9.17) is 4.74 Å². The van der Waals surface area contributed by atoms with Crippen LogP contribution in [0.15, 0.2) is 24.3 Å². The molecule has 6 heteroatoms. The molecule has 0 bridgehead atoms. The molecule has 0 radical (unpaired) electrons. The van der Waals surface area contributed by atoms with Gasteiger partial charge in [-0.2, -0.15) is 12.7 Å². The summed E-state index contributed by atoms with van der Waals surface area (Å²) in [6.07, 6.45) is 1.60. The Morgan fingerprint density at radius 1 is 1.22 bits per heavy atom. The quantitative estimate of drug-likeness (QED) is 0.754. The van der Waals surface area contributed by atoms with Crippen LogP contribution in [0.25, 0.3) is 0 Å². The van der Waals surface area contributed by atoms with Crippen molar-refractivity contribution in [3.8, 4) is 5.75 Å². The van der Waals surface area contributed by atoms with Crippen molar-refractivity contribution in [1.29, 1.82) is 0 Å². The van der Waals surface area contributed by atoms with Gasteiger partial charge in [0.25, 0.3) is 10.2 Å². The van der Waals surface area contributed by atoms with E-state index >= 15 is 0 Å². The zero-order chi connectivity index (χ0) is 13.6. The molecule has 0 spiro atoms. The van der Waals surface area contributed by atoms with Crippen molar-refractivity contribution in [3.05, 3.63) is 29.8 Å². The number of hydrogen-bond donors (Lipinski definition) is 1. The summed E-state index contributed by atoms with van der Waals surface area (Å²) in [5.74, 6) is 0.826. The highest BCUT2D eigenvalue weighted by atomic mass is 32.2. The molecule has 1 N–H and O–H groups in total. The Balaban J connectivity index is 2.34. The first-order chi connectivity index (χ1) is 8.45. The first-order valence-electron chi connectivity index (χ1n) is 5.76. The molecule has 0 aliphatic carbocycles. The van der Waals surface area contributed by atoms with Gasteiger partial charge in [0.15, 0.2) is 0 Å². The standard InChI is InChI=1S/C12H20N2O3S/c1-14(2)18(15,16)13-10-4-5-11-6-8-12(17-3)9-7-11/h6-9,13H,4-5,10H2,1-3H3. The van der Waals surface area contributed by atoms with E-state index in [2.05, 4.69) is 4.72 Å². The van der Waals surface area contributed by atoms with Gasteiger partial charge in [0.1, 0.15) is 5.75 Å². The first kappa shape index (κ1) is 14.9. The third-order valence-electron chi connectivity index (χ3n) is 2.57. The van der Waals surface area contributed by atoms with Gasteiger partial charge in [-0.1, -0.05) is 12.1 Å². The van der Waals surface area contributed by atoms with Gasteiger partial charge in [-0.15, -0.1) is 0 Å². The predicted molar refractivity (Wildman–Crippen MR) is 71.9 cm³/mol. The molecule has 1 aromatic rings. The maximum absolute atomic E-state index is 11.4. The molecule has 5 nitrogen and oxygen atoms in total. The summed E-state index contributed by atoms with van der Waals surface area (Å²) in [7, 11) is 1.34. The van der Waals surface area contributed by atoms with Crippen LogP contribution in [0.2, 0.25) is 0 Å². The summed E-state index contributed by atoms with van der Waals surface area (Å²) in [5, 5.41) is 0. The van der Waals surface area contributed by atoms with Crippen molar-refractivity contribution in [2.45, 2.75) is 12.8 Å². The normalized spacial score (nSPS) is 11.8. The van der Waals surface area contributed by atoms with E-state index in [0.717, 1.165) is 18.6 Å². The highest BCUT2D eigenvalue weighted by molar-refractivity contribution is 7.87. The van der Waals surface area contributed by atoms with Crippen LogP contribution >= 0.6 is 0 Å². The number of rotatable bonds is 7. The highest BCUT2D eigenvalue weighted by Crippen LogP contribution is 2.12. The zero-order valence-corrected chi connectivity index (χ0v) is 11.8. The molecule has 0 atom stereocenters. The van der Waals surface area contributed by atoms with Crippen LogP contribution in [-0.4, -0.2) is 40.5 Å². The minimum atomic E-state index is -3.30. The Kier molecular flexibility index (Phi) is 5.58. The van der Waals surface area contributed by atoms with Crippen LogP contribution in [0.4, 0.5) is 0 Å². The van der Waals surface area contributed by atoms with Gasteiger partial charge in [0.2, 0.25) is 0 Å². The van der Waals surface area contributed by atoms with Crippen LogP contribution in [0, 0.1) is 0 Å². The third kappa shape index (κ3) is 4.64. The van der Waals surface area contributed by atoms with Crippen LogP contribution in [0.3, 0.4) is 0 Å². The Morgan fingerprint density at radius 2 is 1.83 bits per heavy atom. The fourth-order valence-corrected chi connectivity index (χ4v) is 2.08. The molecule has 1 rings (SSSR count). The summed E-state index contributed by atoms with van der Waals surface area (Å²) < 4.78 is 31.6. The van der Waals surface area contributed by atoms with Crippen LogP contribution in [0.1, 0.15) is 12.0 Å². The summed E-state index contributed by atoms with van der Waals surface area (Å²) in [6, 6.07) is 7.78. The maximum atomic E-state index is 11.4. The van der Waals surface area contributed by atoms with Gasteiger partial charge in [0, 0.05) is 20.6 Å². The summed E-state index contributed by atoms with van der Waals surface area (Å²) in [6.45, 7) is 0.437. The van der Waals surface area contributed by atoms with E-state index in [1.807, 2.05) is 24.3 Å². The monoisotopic (exact) mass is 272 g/mol. The fraction of sp³-hybridized carbons (Fsp3) is 0.500. The zero-order valence-electron chi connectivity index (χ0n) is 11.0. The Labute approximate surface area is 109 Å². The number of nitrogens with one attached hydrogen (secondary N) is 1. The number of benzene rings is 1. The Bertz CT molecular complexity index is 455. The lowest BCUT2D eigenvalue weighted by Crippen LogP contribution is -2.36. The lowest BCUT2D eigenvalue weighted by Gasteiger charge is -2.12. The fourth-order valence-electron chi connectivity index (χ4n) is 1.41. The van der Waals surface area contributed by atoms with E-state index in [1.165, 1.54) is 24.0 Å². The van der Waals surface area contributed by atoms with Crippen LogP contribution < -0.4 is 9.46 Å². The van der Waals surface area contributed by atoms with Gasteiger partial charge in [-0.3, -0.25) is 0 Å². The molecule has 0 fully saturated rings. The molecule has 0 unspecified atom stereocenters. The van der Waals surface area contributed by atoms with Gasteiger partial charge in [0.05, 0.1) is 7.11 Å². The second-order valence-corrected chi connectivity index (χ2v) is 6.10. The number of methoxy groups -OCH3 is 1. The molecule has 0 amide bonds. The third-order valence-corrected chi connectivity index (χ3v) is 4.10. The van der Waals surface area contributed by atoms with Crippen molar-refractivity contribution in [2.24, 2.45) is 0 Å². The van der Waals surface area contributed by atoms with E-state index in [9.17, 15) is 8.42 Å². The average molecular weight is 272 g/mol. The lowest BCUT2D eigenvalue weighted by atomic mass is 10.1. The minimum Gasteiger partial charge on any atom is -0.497 e. The van der Waals surface area contributed by atoms with Crippen molar-refractivity contribution >= 4 is 10.2 Å². The molecule has 1 aromatic carbocycles. The molecular weight excluding hydrogens is 252 g/mol. The molecule has 0 aliphatic heterocycles. The number of aryl methyl sites for hydroxylation is 1. The molecular formula is C12H20N2O3S. The van der Waals surface area contributed by atoms with Crippen LogP contribution in [-0.2, 0) is 16.6 Å². The highest BCUT2D eigenvalue weighted by Gasteiger charge is 2.11. The number of hydrogen-bond acceptors (Lipinski definition) is 3. The molecule has 0 saturated carbocycles. The van der Waals surface area contributed by atoms with Gasteiger partial charge < -0.3 is 4.74 Å². The second kappa shape index (κ2) is 6.72. The van der Waals surface area contributed by atoms with E-state index in [1.54, 1.807) is 7.11 Å². The predicted octanol–water partition coefficient (Wildman–Crippen LogP) is 1.02.